The number of amides is 1. The van der Waals surface area contributed by atoms with Gasteiger partial charge in [-0.05, 0) is 36.2 Å². The van der Waals surface area contributed by atoms with Crippen LogP contribution < -0.4 is 11.5 Å². The van der Waals surface area contributed by atoms with Crippen molar-refractivity contribution in [2.24, 2.45) is 5.73 Å². The highest BCUT2D eigenvalue weighted by atomic mass is 16.6. The summed E-state index contributed by atoms with van der Waals surface area (Å²) in [7, 11) is 0. The number of piperidine rings is 1. The number of likely N-dealkylation sites (tertiary alicyclic amines) is 1. The fourth-order valence-corrected chi connectivity index (χ4v) is 2.47. The molecular weight excluding hydrogens is 276 g/mol. The first-order valence-electron chi connectivity index (χ1n) is 6.72. The van der Waals surface area contributed by atoms with Crippen LogP contribution in [0.5, 0.6) is 0 Å². The minimum atomic E-state index is -0.636. The number of nitrogens with zero attached hydrogens (tertiary/aromatic N) is 6. The first-order valence-corrected chi connectivity index (χ1v) is 6.72. The largest absolute Gasteiger partial charge is 0.378 e. The SMILES string of the molecule is NC(=O)c1nnn(-c2nonc2N)c1CN1CCCCC1. The van der Waals surface area contributed by atoms with Crippen molar-refractivity contribution >= 4 is 11.7 Å². The van der Waals surface area contributed by atoms with Gasteiger partial charge in [-0.25, -0.2) is 4.63 Å². The first-order chi connectivity index (χ1) is 10.2. The predicted molar refractivity (Wildman–Crippen MR) is 71.3 cm³/mol. The highest BCUT2D eigenvalue weighted by Gasteiger charge is 2.24. The van der Waals surface area contributed by atoms with Crippen molar-refractivity contribution < 1.29 is 9.42 Å². The van der Waals surface area contributed by atoms with E-state index in [1.807, 2.05) is 0 Å². The van der Waals surface area contributed by atoms with Crippen LogP contribution in [0, 0.1) is 0 Å². The molecule has 4 N–H and O–H groups in total. The molecule has 0 aliphatic carbocycles. The summed E-state index contributed by atoms with van der Waals surface area (Å²) in [5.74, 6) is -0.346. The molecule has 0 aromatic carbocycles. The fourth-order valence-electron chi connectivity index (χ4n) is 2.47. The van der Waals surface area contributed by atoms with Crippen molar-refractivity contribution in [3.8, 4) is 5.82 Å². The molecule has 1 fully saturated rings. The number of aromatic nitrogens is 5. The highest BCUT2D eigenvalue weighted by Crippen LogP contribution is 2.19. The first kappa shape index (κ1) is 13.5. The van der Waals surface area contributed by atoms with E-state index in [1.165, 1.54) is 11.1 Å². The topological polar surface area (TPSA) is 142 Å². The van der Waals surface area contributed by atoms with E-state index in [9.17, 15) is 4.79 Å². The maximum absolute atomic E-state index is 11.5. The molecule has 112 valence electrons. The summed E-state index contributed by atoms with van der Waals surface area (Å²) in [6.45, 7) is 2.41. The number of primary amides is 1. The van der Waals surface area contributed by atoms with Crippen LogP contribution in [0.3, 0.4) is 0 Å². The Labute approximate surface area is 120 Å². The van der Waals surface area contributed by atoms with Gasteiger partial charge in [-0.1, -0.05) is 11.6 Å². The second kappa shape index (κ2) is 5.48. The molecule has 0 radical (unpaired) electrons. The predicted octanol–water partition coefficient (Wildman–Crippen LogP) is -0.683. The lowest BCUT2D eigenvalue weighted by molar-refractivity contribution is 0.0993. The summed E-state index contributed by atoms with van der Waals surface area (Å²) >= 11 is 0. The van der Waals surface area contributed by atoms with Crippen LogP contribution in [0.25, 0.3) is 5.82 Å². The van der Waals surface area contributed by atoms with Crippen LogP contribution in [-0.2, 0) is 6.54 Å². The Bertz CT molecular complexity index is 642. The van der Waals surface area contributed by atoms with E-state index in [0.29, 0.717) is 12.2 Å². The van der Waals surface area contributed by atoms with Gasteiger partial charge < -0.3 is 11.5 Å². The average molecular weight is 292 g/mol. The number of carbonyl (C=O) groups is 1. The van der Waals surface area contributed by atoms with E-state index in [2.05, 4.69) is 30.2 Å². The van der Waals surface area contributed by atoms with Gasteiger partial charge in [0.2, 0.25) is 11.6 Å². The molecule has 3 heterocycles. The lowest BCUT2D eigenvalue weighted by Gasteiger charge is -2.26. The molecule has 2 aromatic heterocycles. The van der Waals surface area contributed by atoms with E-state index in [-0.39, 0.29) is 17.3 Å². The Morgan fingerprint density at radius 1 is 1.24 bits per heavy atom. The molecule has 10 nitrogen and oxygen atoms in total. The zero-order valence-corrected chi connectivity index (χ0v) is 11.4. The number of nitrogens with two attached hydrogens (primary N) is 2. The van der Waals surface area contributed by atoms with Crippen LogP contribution in [0.1, 0.15) is 35.4 Å². The Morgan fingerprint density at radius 2 is 2.00 bits per heavy atom. The van der Waals surface area contributed by atoms with Crippen LogP contribution in [0.15, 0.2) is 4.63 Å². The van der Waals surface area contributed by atoms with Gasteiger partial charge in [-0.3, -0.25) is 9.69 Å². The smallest absolute Gasteiger partial charge is 0.271 e. The zero-order chi connectivity index (χ0) is 14.8. The normalized spacial score (nSPS) is 16.2. The van der Waals surface area contributed by atoms with Gasteiger partial charge in [-0.2, -0.15) is 4.68 Å². The van der Waals surface area contributed by atoms with Gasteiger partial charge in [0, 0.05) is 6.54 Å². The van der Waals surface area contributed by atoms with Crippen molar-refractivity contribution in [2.45, 2.75) is 25.8 Å². The van der Waals surface area contributed by atoms with Crippen molar-refractivity contribution in [3.63, 3.8) is 0 Å². The van der Waals surface area contributed by atoms with Crippen LogP contribution >= 0.6 is 0 Å². The standard InChI is InChI=1S/C11H16N8O2/c12-9-11(16-21-15-9)19-7(8(10(13)20)14-17-19)6-18-4-2-1-3-5-18/h1-6H2,(H2,12,15)(H2,13,20). The lowest BCUT2D eigenvalue weighted by atomic mass is 10.1. The molecule has 10 heteroatoms. The Morgan fingerprint density at radius 3 is 2.62 bits per heavy atom. The van der Waals surface area contributed by atoms with E-state index in [1.54, 1.807) is 0 Å². The summed E-state index contributed by atoms with van der Waals surface area (Å²) in [5, 5.41) is 14.9. The molecule has 3 rings (SSSR count). The minimum Gasteiger partial charge on any atom is -0.378 e. The molecule has 0 spiro atoms. The number of carbonyl (C=O) groups excluding carboxylic acids is 1. The zero-order valence-electron chi connectivity index (χ0n) is 11.4. The number of anilines is 1. The summed E-state index contributed by atoms with van der Waals surface area (Å²) in [4.78, 5) is 13.7. The molecule has 1 aliphatic rings. The molecule has 0 bridgehead atoms. The molecule has 1 aliphatic heterocycles. The van der Waals surface area contributed by atoms with E-state index in [0.717, 1.165) is 25.9 Å². The molecule has 0 atom stereocenters. The van der Waals surface area contributed by atoms with Gasteiger partial charge >= 0.3 is 0 Å². The third-order valence-electron chi connectivity index (χ3n) is 3.51. The highest BCUT2D eigenvalue weighted by molar-refractivity contribution is 5.91. The molecule has 21 heavy (non-hydrogen) atoms. The van der Waals surface area contributed by atoms with Gasteiger partial charge in [0.05, 0.1) is 5.69 Å². The van der Waals surface area contributed by atoms with E-state index in [4.69, 9.17) is 11.5 Å². The van der Waals surface area contributed by atoms with Crippen LogP contribution in [0.4, 0.5) is 5.82 Å². The van der Waals surface area contributed by atoms with Gasteiger partial charge in [-0.15, -0.1) is 5.10 Å². The Hall–Kier alpha value is -2.49. The van der Waals surface area contributed by atoms with Crippen LogP contribution in [0.2, 0.25) is 0 Å². The summed E-state index contributed by atoms with van der Waals surface area (Å²) < 4.78 is 5.93. The summed E-state index contributed by atoms with van der Waals surface area (Å²) in [6, 6.07) is 0. The third-order valence-corrected chi connectivity index (χ3v) is 3.51. The Kier molecular flexibility index (Phi) is 3.52. The third kappa shape index (κ3) is 2.57. The second-order valence-corrected chi connectivity index (χ2v) is 4.97. The number of hydrogen-bond acceptors (Lipinski definition) is 8. The molecule has 1 amide bonds. The van der Waals surface area contributed by atoms with Crippen molar-refractivity contribution in [2.75, 3.05) is 18.8 Å². The van der Waals surface area contributed by atoms with Crippen molar-refractivity contribution in [3.05, 3.63) is 11.4 Å². The molecule has 1 saturated heterocycles. The van der Waals surface area contributed by atoms with E-state index >= 15 is 0 Å². The maximum Gasteiger partial charge on any atom is 0.271 e. The van der Waals surface area contributed by atoms with Crippen LogP contribution in [-0.4, -0.2) is 49.2 Å². The van der Waals surface area contributed by atoms with Gasteiger partial charge in [0.15, 0.2) is 5.69 Å². The van der Waals surface area contributed by atoms with Gasteiger partial charge in [0.1, 0.15) is 0 Å². The summed E-state index contributed by atoms with van der Waals surface area (Å²) in [6.07, 6.45) is 3.47. The van der Waals surface area contributed by atoms with Gasteiger partial charge in [0.25, 0.3) is 5.91 Å². The lowest BCUT2D eigenvalue weighted by Crippen LogP contribution is -2.31. The van der Waals surface area contributed by atoms with Crippen molar-refractivity contribution in [1.29, 1.82) is 0 Å². The Balaban J connectivity index is 1.97. The number of hydrogen-bond donors (Lipinski definition) is 2. The average Bonchev–Trinajstić information content (AvgIpc) is 3.06. The quantitative estimate of drug-likeness (QED) is 0.754. The number of nitrogen functional groups attached to an aromatic ring is 1. The van der Waals surface area contributed by atoms with E-state index < -0.39 is 5.91 Å². The minimum absolute atomic E-state index is 0.0795. The van der Waals surface area contributed by atoms with Crippen molar-refractivity contribution in [1.82, 2.24) is 30.2 Å². The molecular formula is C11H16N8O2. The molecule has 0 saturated carbocycles. The molecule has 2 aromatic rings. The fraction of sp³-hybridized carbons (Fsp3) is 0.545. The maximum atomic E-state index is 11.5. The number of rotatable bonds is 4. The second-order valence-electron chi connectivity index (χ2n) is 4.97. The monoisotopic (exact) mass is 292 g/mol. The summed E-state index contributed by atoms with van der Waals surface area (Å²) in [5.41, 5.74) is 11.7. The molecule has 0 unspecified atom stereocenters.